The molecule has 0 radical (unpaired) electrons. The van der Waals surface area contributed by atoms with Gasteiger partial charge in [-0.1, -0.05) is 48.5 Å². The van der Waals surface area contributed by atoms with Crippen LogP contribution in [0.25, 0.3) is 0 Å². The SMILES string of the molecule is Cc1cn([C@H]2C[C@H](OC(C)(C)C)[C@]3(COCc4ccccc4)C[C@H]23)c(=O)n(C(=O)c2ccccc2)c1=O. The van der Waals surface area contributed by atoms with Crippen LogP contribution in [0.15, 0.2) is 76.4 Å². The topological polar surface area (TPSA) is 79.5 Å². The first-order chi connectivity index (χ1) is 17.6. The van der Waals surface area contributed by atoms with Crippen molar-refractivity contribution in [1.82, 2.24) is 9.13 Å². The normalized spacial score (nSPS) is 24.6. The van der Waals surface area contributed by atoms with E-state index in [1.165, 1.54) is 0 Å². The van der Waals surface area contributed by atoms with Crippen LogP contribution in [0.5, 0.6) is 0 Å². The van der Waals surface area contributed by atoms with E-state index in [4.69, 9.17) is 9.47 Å². The molecule has 0 amide bonds. The molecular formula is C30H34N2O5. The van der Waals surface area contributed by atoms with E-state index in [1.807, 2.05) is 51.1 Å². The zero-order chi connectivity index (χ0) is 26.4. The summed E-state index contributed by atoms with van der Waals surface area (Å²) in [6, 6.07) is 18.3. The van der Waals surface area contributed by atoms with Crippen LogP contribution in [0, 0.1) is 18.3 Å². The van der Waals surface area contributed by atoms with Gasteiger partial charge >= 0.3 is 5.69 Å². The van der Waals surface area contributed by atoms with Crippen molar-refractivity contribution in [3.8, 4) is 0 Å². The molecule has 3 aromatic rings. The molecule has 4 atom stereocenters. The van der Waals surface area contributed by atoms with Gasteiger partial charge in [0.2, 0.25) is 0 Å². The second-order valence-electron chi connectivity index (χ2n) is 11.4. The number of benzene rings is 2. The summed E-state index contributed by atoms with van der Waals surface area (Å²) >= 11 is 0. The van der Waals surface area contributed by atoms with E-state index in [2.05, 4.69) is 0 Å². The minimum Gasteiger partial charge on any atom is -0.376 e. The van der Waals surface area contributed by atoms with Gasteiger partial charge in [0.1, 0.15) is 0 Å². The molecule has 2 fully saturated rings. The number of fused-ring (bicyclic) bond motifs is 1. The Hall–Kier alpha value is -3.29. The molecule has 0 N–H and O–H groups in total. The lowest BCUT2D eigenvalue weighted by Gasteiger charge is -2.31. The minimum absolute atomic E-state index is 0.101. The van der Waals surface area contributed by atoms with E-state index in [0.717, 1.165) is 16.6 Å². The summed E-state index contributed by atoms with van der Waals surface area (Å²) in [5.74, 6) is -0.452. The number of rotatable bonds is 7. The maximum atomic E-state index is 13.6. The highest BCUT2D eigenvalue weighted by Gasteiger charge is 2.69. The monoisotopic (exact) mass is 502 g/mol. The minimum atomic E-state index is -0.609. The Kier molecular flexibility index (Phi) is 6.54. The van der Waals surface area contributed by atoms with Gasteiger partial charge in [0.15, 0.2) is 0 Å². The second-order valence-corrected chi connectivity index (χ2v) is 11.4. The number of ether oxygens (including phenoxy) is 2. The Morgan fingerprint density at radius 3 is 2.32 bits per heavy atom. The number of carbonyl (C=O) groups excluding carboxylic acids is 1. The fourth-order valence-corrected chi connectivity index (χ4v) is 5.77. The van der Waals surface area contributed by atoms with Crippen LogP contribution in [0.4, 0.5) is 0 Å². The van der Waals surface area contributed by atoms with E-state index in [-0.39, 0.29) is 29.1 Å². The molecule has 2 aliphatic rings. The fraction of sp³-hybridized carbons (Fsp3) is 0.433. The molecule has 2 aromatic carbocycles. The lowest BCUT2D eigenvalue weighted by atomic mass is 10.00. The second kappa shape index (κ2) is 9.54. The molecule has 194 valence electrons. The van der Waals surface area contributed by atoms with Gasteiger partial charge in [-0.25, -0.2) is 4.79 Å². The summed E-state index contributed by atoms with van der Waals surface area (Å²) in [5.41, 5.74) is 0.0231. The molecule has 0 saturated heterocycles. The Morgan fingerprint density at radius 1 is 1.03 bits per heavy atom. The predicted molar refractivity (Wildman–Crippen MR) is 141 cm³/mol. The first kappa shape index (κ1) is 25.4. The number of carbonyl (C=O) groups is 1. The third kappa shape index (κ3) is 4.86. The Bertz CT molecular complexity index is 1400. The van der Waals surface area contributed by atoms with E-state index >= 15 is 0 Å². The summed E-state index contributed by atoms with van der Waals surface area (Å²) in [4.78, 5) is 39.8. The van der Waals surface area contributed by atoms with Gasteiger partial charge in [-0.15, -0.1) is 0 Å². The smallest absolute Gasteiger partial charge is 0.338 e. The Morgan fingerprint density at radius 2 is 1.68 bits per heavy atom. The molecule has 2 aliphatic carbocycles. The van der Waals surface area contributed by atoms with E-state index in [0.29, 0.717) is 30.8 Å². The third-order valence-electron chi connectivity index (χ3n) is 7.58. The highest BCUT2D eigenvalue weighted by molar-refractivity contribution is 5.95. The van der Waals surface area contributed by atoms with Crippen LogP contribution in [-0.2, 0) is 16.1 Å². The maximum absolute atomic E-state index is 13.6. The largest absolute Gasteiger partial charge is 0.376 e. The van der Waals surface area contributed by atoms with Gasteiger partial charge in [0, 0.05) is 28.8 Å². The lowest BCUT2D eigenvalue weighted by molar-refractivity contribution is -0.104. The Labute approximate surface area is 216 Å². The van der Waals surface area contributed by atoms with Crippen molar-refractivity contribution in [3.05, 3.63) is 104 Å². The van der Waals surface area contributed by atoms with Crippen LogP contribution in [0.1, 0.15) is 61.1 Å². The number of aryl methyl sites for hydroxylation is 1. The number of hydrogen-bond acceptors (Lipinski definition) is 5. The quantitative estimate of drug-likeness (QED) is 0.480. The molecule has 37 heavy (non-hydrogen) atoms. The summed E-state index contributed by atoms with van der Waals surface area (Å²) < 4.78 is 15.1. The molecule has 7 nitrogen and oxygen atoms in total. The predicted octanol–water partition coefficient (Wildman–Crippen LogP) is 4.36. The number of hydrogen-bond donors (Lipinski definition) is 0. The summed E-state index contributed by atoms with van der Waals surface area (Å²) in [5, 5.41) is 0. The van der Waals surface area contributed by atoms with Crippen LogP contribution in [0.2, 0.25) is 0 Å². The molecule has 0 spiro atoms. The highest BCUT2D eigenvalue weighted by Crippen LogP contribution is 2.68. The molecule has 1 aromatic heterocycles. The molecule has 0 aliphatic heterocycles. The highest BCUT2D eigenvalue weighted by atomic mass is 16.5. The van der Waals surface area contributed by atoms with Crippen LogP contribution < -0.4 is 11.2 Å². The lowest BCUT2D eigenvalue weighted by Crippen LogP contribution is -2.45. The zero-order valence-corrected chi connectivity index (χ0v) is 21.8. The van der Waals surface area contributed by atoms with Crippen LogP contribution in [-0.4, -0.2) is 33.4 Å². The van der Waals surface area contributed by atoms with Crippen molar-refractivity contribution in [2.45, 2.75) is 64.9 Å². The van der Waals surface area contributed by atoms with Crippen molar-refractivity contribution in [1.29, 1.82) is 0 Å². The molecule has 0 bridgehead atoms. The summed E-state index contributed by atoms with van der Waals surface area (Å²) in [6.07, 6.45) is 2.99. The average Bonchev–Trinajstić information content (AvgIpc) is 3.53. The molecule has 5 rings (SSSR count). The molecule has 0 unspecified atom stereocenters. The van der Waals surface area contributed by atoms with Gasteiger partial charge in [0.25, 0.3) is 11.5 Å². The first-order valence-corrected chi connectivity index (χ1v) is 12.8. The molecule has 2 saturated carbocycles. The van der Waals surface area contributed by atoms with Crippen molar-refractivity contribution in [2.24, 2.45) is 11.3 Å². The van der Waals surface area contributed by atoms with Gasteiger partial charge in [-0.05, 0) is 64.2 Å². The summed E-state index contributed by atoms with van der Waals surface area (Å²) in [6.45, 7) is 8.79. The van der Waals surface area contributed by atoms with Crippen molar-refractivity contribution in [2.75, 3.05) is 6.61 Å². The van der Waals surface area contributed by atoms with E-state index < -0.39 is 17.2 Å². The fourth-order valence-electron chi connectivity index (χ4n) is 5.77. The van der Waals surface area contributed by atoms with Gasteiger partial charge in [0.05, 0.1) is 24.9 Å². The van der Waals surface area contributed by atoms with Gasteiger partial charge in [-0.3, -0.25) is 14.2 Å². The van der Waals surface area contributed by atoms with Crippen molar-refractivity contribution in [3.63, 3.8) is 0 Å². The molecular weight excluding hydrogens is 468 g/mol. The van der Waals surface area contributed by atoms with Crippen LogP contribution >= 0.6 is 0 Å². The van der Waals surface area contributed by atoms with Gasteiger partial charge in [-0.2, -0.15) is 4.57 Å². The zero-order valence-electron chi connectivity index (χ0n) is 21.8. The number of nitrogens with zero attached hydrogens (tertiary/aromatic N) is 2. The maximum Gasteiger partial charge on any atom is 0.338 e. The summed E-state index contributed by atoms with van der Waals surface area (Å²) in [7, 11) is 0. The molecule has 7 heteroatoms. The Balaban J connectivity index is 1.46. The first-order valence-electron chi connectivity index (χ1n) is 12.8. The van der Waals surface area contributed by atoms with E-state index in [9.17, 15) is 14.4 Å². The van der Waals surface area contributed by atoms with E-state index in [1.54, 1.807) is 48.0 Å². The average molecular weight is 503 g/mol. The van der Waals surface area contributed by atoms with Gasteiger partial charge < -0.3 is 9.47 Å². The molecule has 1 heterocycles. The third-order valence-corrected chi connectivity index (χ3v) is 7.58. The standard InChI is InChI=1S/C30H34N2O5/c1-20-17-31(28(35)32(26(20)33)27(34)22-13-9-6-10-14-22)24-15-25(37-29(2,3)4)30(16-23(24)30)19-36-18-21-11-7-5-8-12-21/h5-14,17,23-25H,15-16,18-19H2,1-4H3/t23-,24+,25+,30+/m1/s1. The van der Waals surface area contributed by atoms with Crippen LogP contribution in [0.3, 0.4) is 0 Å². The number of aromatic nitrogens is 2. The van der Waals surface area contributed by atoms with Crippen molar-refractivity contribution >= 4 is 5.91 Å². The van der Waals surface area contributed by atoms with Crippen molar-refractivity contribution < 1.29 is 14.3 Å².